The average molecular weight is 613 g/mol. The molecule has 232 valence electrons. The van der Waals surface area contributed by atoms with Crippen molar-refractivity contribution in [3.05, 3.63) is 116 Å². The molecule has 0 amide bonds. The van der Waals surface area contributed by atoms with Gasteiger partial charge >= 0.3 is 0 Å². The van der Waals surface area contributed by atoms with Crippen LogP contribution >= 0.6 is 11.6 Å². The van der Waals surface area contributed by atoms with Gasteiger partial charge in [-0.3, -0.25) is 0 Å². The van der Waals surface area contributed by atoms with Crippen molar-refractivity contribution in [3.8, 4) is 23.0 Å². The first-order valence-electron chi connectivity index (χ1n) is 15.3. The topological polar surface area (TPSA) is 58.9 Å². The summed E-state index contributed by atoms with van der Waals surface area (Å²) in [5, 5.41) is 23.5. The van der Waals surface area contributed by atoms with Crippen molar-refractivity contribution in [2.75, 3.05) is 14.2 Å². The van der Waals surface area contributed by atoms with Crippen LogP contribution in [0.25, 0.3) is 0 Å². The fourth-order valence-corrected chi connectivity index (χ4v) is 6.51. The minimum absolute atomic E-state index is 0.115. The lowest BCUT2D eigenvalue weighted by Crippen LogP contribution is -2.14. The van der Waals surface area contributed by atoms with Crippen LogP contribution in [0.2, 0.25) is 0 Å². The molecule has 0 heterocycles. The van der Waals surface area contributed by atoms with Crippen LogP contribution in [0.3, 0.4) is 0 Å². The number of rotatable bonds is 3. The molecule has 5 heteroatoms. The largest absolute Gasteiger partial charge is 0.507 e. The van der Waals surface area contributed by atoms with Gasteiger partial charge in [0.1, 0.15) is 23.0 Å². The Balaban J connectivity index is 1.84. The van der Waals surface area contributed by atoms with Crippen LogP contribution in [-0.2, 0) is 42.4 Å². The number of benzene rings is 4. The third kappa shape index (κ3) is 6.28. The molecule has 0 atom stereocenters. The first-order valence-corrected chi connectivity index (χ1v) is 15.9. The highest BCUT2D eigenvalue weighted by Crippen LogP contribution is 2.41. The number of phenolic OH excluding ortho intramolecular Hbond substituents is 2. The molecule has 0 spiro atoms. The van der Waals surface area contributed by atoms with Gasteiger partial charge in [-0.1, -0.05) is 96.1 Å². The molecule has 8 bridgehead atoms. The number of alkyl halides is 1. The Morgan fingerprint density at radius 3 is 1.23 bits per heavy atom. The normalized spacial score (nSPS) is 13.5. The Morgan fingerprint density at radius 1 is 0.568 bits per heavy atom. The molecule has 0 aliphatic heterocycles. The summed E-state index contributed by atoms with van der Waals surface area (Å²) in [6.45, 7) is 13.2. The molecule has 0 radical (unpaired) electrons. The van der Waals surface area contributed by atoms with E-state index < -0.39 is 0 Å². The Bertz CT molecular complexity index is 1590. The van der Waals surface area contributed by atoms with E-state index >= 15 is 0 Å². The van der Waals surface area contributed by atoms with E-state index in [4.69, 9.17) is 21.1 Å². The maximum atomic E-state index is 11.8. The summed E-state index contributed by atoms with van der Waals surface area (Å²) in [5.41, 5.74) is 10.3. The first-order chi connectivity index (χ1) is 20.7. The van der Waals surface area contributed by atoms with Gasteiger partial charge in [-0.25, -0.2) is 0 Å². The summed E-state index contributed by atoms with van der Waals surface area (Å²) >= 11 is 6.43. The summed E-state index contributed by atoms with van der Waals surface area (Å²) in [6, 6.07) is 18.8. The molecule has 0 saturated heterocycles. The van der Waals surface area contributed by atoms with Gasteiger partial charge in [0.25, 0.3) is 0 Å². The molecule has 44 heavy (non-hydrogen) atoms. The van der Waals surface area contributed by atoms with Gasteiger partial charge in [0.05, 0.1) is 14.2 Å². The molecule has 0 aromatic heterocycles. The van der Waals surface area contributed by atoms with Gasteiger partial charge in [-0.15, -0.1) is 11.6 Å². The van der Waals surface area contributed by atoms with Crippen molar-refractivity contribution in [2.45, 2.75) is 83.9 Å². The van der Waals surface area contributed by atoms with Crippen molar-refractivity contribution in [1.82, 2.24) is 0 Å². The standard InChI is InChI=1S/C39H45ClO4/c1-38(2,3)32-18-28-14-24-10-9-11-25(34(24)41)15-29-19-33(39(4,5)6)21-31(37(29)44-8)17-27-13-23(22-40)12-26(35(27)42)16-30(20-32)36(28)43-7/h9-13,18-21,41-42H,14-17,22H2,1-8H3. The molecule has 5 rings (SSSR count). The number of phenols is 2. The molecule has 2 N–H and O–H groups in total. The summed E-state index contributed by atoms with van der Waals surface area (Å²) < 4.78 is 12.1. The number of methoxy groups -OCH3 is 2. The van der Waals surface area contributed by atoms with Gasteiger partial charge in [-0.2, -0.15) is 0 Å². The van der Waals surface area contributed by atoms with Gasteiger partial charge in [0, 0.05) is 31.6 Å². The molecule has 4 aromatic rings. The number of halogens is 1. The maximum Gasteiger partial charge on any atom is 0.125 e. The first kappa shape index (κ1) is 31.8. The Labute approximate surface area is 267 Å². The SMILES string of the molecule is COc1c2cc(C(C)(C)C)cc1Cc1cc(CCl)cc(c1O)Cc1cc(C(C)(C)C)cc(c1OC)Cc1cccc(c1O)C2. The van der Waals surface area contributed by atoms with E-state index in [-0.39, 0.29) is 16.6 Å². The van der Waals surface area contributed by atoms with Crippen LogP contribution in [0.1, 0.15) is 103 Å². The molecular formula is C39H45ClO4. The molecular weight excluding hydrogens is 568 g/mol. The van der Waals surface area contributed by atoms with Crippen LogP contribution < -0.4 is 9.47 Å². The predicted octanol–water partition coefficient (Wildman–Crippen LogP) is 9.13. The van der Waals surface area contributed by atoms with Crippen LogP contribution in [-0.4, -0.2) is 24.4 Å². The van der Waals surface area contributed by atoms with Crippen molar-refractivity contribution >= 4 is 11.6 Å². The van der Waals surface area contributed by atoms with E-state index in [0.717, 1.165) is 61.6 Å². The van der Waals surface area contributed by atoms with Crippen molar-refractivity contribution in [2.24, 2.45) is 0 Å². The monoisotopic (exact) mass is 612 g/mol. The van der Waals surface area contributed by atoms with E-state index in [9.17, 15) is 10.2 Å². The van der Waals surface area contributed by atoms with Gasteiger partial charge < -0.3 is 19.7 Å². The number of para-hydroxylation sites is 1. The maximum absolute atomic E-state index is 11.8. The second-order valence-corrected chi connectivity index (χ2v) is 14.5. The molecule has 1 aliphatic rings. The zero-order chi connectivity index (χ0) is 32.0. The number of aromatic hydroxyl groups is 2. The Morgan fingerprint density at radius 2 is 0.909 bits per heavy atom. The lowest BCUT2D eigenvalue weighted by Gasteiger charge is -2.26. The van der Waals surface area contributed by atoms with Crippen molar-refractivity contribution in [3.63, 3.8) is 0 Å². The molecule has 4 nitrogen and oxygen atoms in total. The fraction of sp³-hybridized carbons (Fsp3) is 0.385. The number of fused-ring (bicyclic) bond motifs is 8. The second kappa shape index (κ2) is 12.0. The molecule has 0 saturated carbocycles. The third-order valence-electron chi connectivity index (χ3n) is 8.83. The Kier molecular flexibility index (Phi) is 8.70. The smallest absolute Gasteiger partial charge is 0.125 e. The van der Waals surface area contributed by atoms with Crippen molar-refractivity contribution < 1.29 is 19.7 Å². The van der Waals surface area contributed by atoms with E-state index in [2.05, 4.69) is 65.8 Å². The lowest BCUT2D eigenvalue weighted by atomic mass is 9.81. The highest BCUT2D eigenvalue weighted by molar-refractivity contribution is 6.17. The van der Waals surface area contributed by atoms with E-state index in [1.165, 1.54) is 11.1 Å². The van der Waals surface area contributed by atoms with E-state index in [1.807, 2.05) is 30.3 Å². The minimum Gasteiger partial charge on any atom is -0.507 e. The zero-order valence-electron chi connectivity index (χ0n) is 27.3. The number of ether oxygens (including phenoxy) is 2. The minimum atomic E-state index is -0.115. The Hall–Kier alpha value is -3.63. The van der Waals surface area contributed by atoms with Gasteiger partial charge in [0.2, 0.25) is 0 Å². The molecule has 0 unspecified atom stereocenters. The van der Waals surface area contributed by atoms with Crippen LogP contribution in [0, 0.1) is 0 Å². The van der Waals surface area contributed by atoms with Gasteiger partial charge in [-0.05, 0) is 72.0 Å². The highest BCUT2D eigenvalue weighted by atomic mass is 35.5. The summed E-state index contributed by atoms with van der Waals surface area (Å²) in [5.74, 6) is 2.44. The fourth-order valence-electron chi connectivity index (χ4n) is 6.35. The van der Waals surface area contributed by atoms with Crippen molar-refractivity contribution in [1.29, 1.82) is 0 Å². The summed E-state index contributed by atoms with van der Waals surface area (Å²) in [4.78, 5) is 0. The molecule has 0 fully saturated rings. The molecule has 1 aliphatic carbocycles. The summed E-state index contributed by atoms with van der Waals surface area (Å²) in [6.07, 6.45) is 1.95. The lowest BCUT2D eigenvalue weighted by molar-refractivity contribution is 0.403. The summed E-state index contributed by atoms with van der Waals surface area (Å²) in [7, 11) is 3.39. The van der Waals surface area contributed by atoms with Crippen LogP contribution in [0.15, 0.2) is 54.6 Å². The van der Waals surface area contributed by atoms with Crippen LogP contribution in [0.4, 0.5) is 0 Å². The number of hydrogen-bond donors (Lipinski definition) is 2. The number of hydrogen-bond acceptors (Lipinski definition) is 4. The van der Waals surface area contributed by atoms with E-state index in [0.29, 0.717) is 37.3 Å². The zero-order valence-corrected chi connectivity index (χ0v) is 28.1. The average Bonchev–Trinajstić information content (AvgIpc) is 2.95. The van der Waals surface area contributed by atoms with Gasteiger partial charge in [0.15, 0.2) is 0 Å². The predicted molar refractivity (Wildman–Crippen MR) is 180 cm³/mol. The highest BCUT2D eigenvalue weighted by Gasteiger charge is 2.25. The third-order valence-corrected chi connectivity index (χ3v) is 9.14. The quantitative estimate of drug-likeness (QED) is 0.199. The second-order valence-electron chi connectivity index (χ2n) is 14.2. The van der Waals surface area contributed by atoms with E-state index in [1.54, 1.807) is 14.2 Å². The van der Waals surface area contributed by atoms with Crippen LogP contribution in [0.5, 0.6) is 23.0 Å². The molecule has 4 aromatic carbocycles.